The van der Waals surface area contributed by atoms with Crippen molar-refractivity contribution in [2.24, 2.45) is 5.73 Å². The number of primary amides is 1. The summed E-state index contributed by atoms with van der Waals surface area (Å²) in [7, 11) is 0. The number of thiophene rings is 1. The first-order valence-corrected chi connectivity index (χ1v) is 9.58. The molecule has 3 amide bonds. The maximum Gasteiger partial charge on any atom is 0.265 e. The molecule has 0 aliphatic rings. The number of carbonyl (C=O) groups is 3. The normalized spacial score (nSPS) is 10.4. The molecule has 0 bridgehead atoms. The second kappa shape index (κ2) is 9.11. The first-order valence-electron chi connectivity index (χ1n) is 8.76. The third-order valence-electron chi connectivity index (χ3n) is 4.04. The molecule has 2 aromatic carbocycles. The summed E-state index contributed by atoms with van der Waals surface area (Å²) in [6, 6.07) is 16.1. The number of halogens is 1. The Kier molecular flexibility index (Phi) is 6.36. The van der Waals surface area contributed by atoms with Crippen LogP contribution in [-0.4, -0.2) is 24.3 Å². The van der Waals surface area contributed by atoms with Crippen molar-refractivity contribution in [3.8, 4) is 10.4 Å². The maximum atomic E-state index is 13.1. The van der Waals surface area contributed by atoms with E-state index in [1.165, 1.54) is 23.5 Å². The van der Waals surface area contributed by atoms with E-state index in [4.69, 9.17) is 5.73 Å². The second-order valence-corrected chi connectivity index (χ2v) is 7.23. The van der Waals surface area contributed by atoms with Crippen molar-refractivity contribution in [3.05, 3.63) is 76.9 Å². The van der Waals surface area contributed by atoms with E-state index < -0.39 is 11.8 Å². The van der Waals surface area contributed by atoms with Crippen molar-refractivity contribution in [2.45, 2.75) is 6.42 Å². The summed E-state index contributed by atoms with van der Waals surface area (Å²) in [4.78, 5) is 37.1. The zero-order chi connectivity index (χ0) is 20.8. The first-order chi connectivity index (χ1) is 13.9. The first kappa shape index (κ1) is 20.2. The van der Waals surface area contributed by atoms with Crippen molar-refractivity contribution in [2.75, 3.05) is 11.9 Å². The Balaban J connectivity index is 1.72. The number of benzene rings is 2. The molecule has 4 N–H and O–H groups in total. The van der Waals surface area contributed by atoms with Crippen molar-refractivity contribution in [1.82, 2.24) is 5.32 Å². The van der Waals surface area contributed by atoms with Gasteiger partial charge in [-0.1, -0.05) is 24.3 Å². The van der Waals surface area contributed by atoms with Gasteiger partial charge in [-0.25, -0.2) is 4.39 Å². The highest BCUT2D eigenvalue weighted by molar-refractivity contribution is 7.17. The number of nitrogens with two attached hydrogens (primary N) is 1. The monoisotopic (exact) mass is 411 g/mol. The van der Waals surface area contributed by atoms with Gasteiger partial charge in [0, 0.05) is 17.8 Å². The van der Waals surface area contributed by atoms with Gasteiger partial charge in [0.1, 0.15) is 5.82 Å². The molecule has 0 radical (unpaired) electrons. The Bertz CT molecular complexity index is 1050. The number of hydrogen-bond acceptors (Lipinski definition) is 4. The molecule has 0 atom stereocenters. The molecule has 148 valence electrons. The average Bonchev–Trinajstić information content (AvgIpc) is 3.19. The van der Waals surface area contributed by atoms with Gasteiger partial charge in [0.15, 0.2) is 0 Å². The van der Waals surface area contributed by atoms with Crippen LogP contribution in [0.5, 0.6) is 0 Å². The Hall–Kier alpha value is -3.52. The lowest BCUT2D eigenvalue weighted by Crippen LogP contribution is -2.28. The summed E-state index contributed by atoms with van der Waals surface area (Å²) in [5.41, 5.74) is 6.51. The summed E-state index contributed by atoms with van der Waals surface area (Å²) >= 11 is 1.26. The fourth-order valence-corrected chi connectivity index (χ4v) is 3.50. The van der Waals surface area contributed by atoms with Crippen molar-refractivity contribution in [1.29, 1.82) is 0 Å². The van der Waals surface area contributed by atoms with Crippen LogP contribution < -0.4 is 16.4 Å². The summed E-state index contributed by atoms with van der Waals surface area (Å²) in [6.07, 6.45) is 0.0294. The number of nitrogens with one attached hydrogen (secondary N) is 2. The minimum absolute atomic E-state index is 0.0294. The topological polar surface area (TPSA) is 101 Å². The Morgan fingerprint density at radius 1 is 0.931 bits per heavy atom. The van der Waals surface area contributed by atoms with Crippen molar-refractivity contribution < 1.29 is 18.8 Å². The van der Waals surface area contributed by atoms with E-state index in [9.17, 15) is 18.8 Å². The molecule has 0 aliphatic carbocycles. The molecule has 0 fully saturated rings. The molecule has 0 aliphatic heterocycles. The fraction of sp³-hybridized carbons (Fsp3) is 0.0952. The van der Waals surface area contributed by atoms with E-state index >= 15 is 0 Å². The van der Waals surface area contributed by atoms with Crippen LogP contribution >= 0.6 is 11.3 Å². The van der Waals surface area contributed by atoms with Gasteiger partial charge in [-0.15, -0.1) is 11.3 Å². The molecule has 1 aromatic heterocycles. The van der Waals surface area contributed by atoms with Crippen LogP contribution in [0.1, 0.15) is 26.5 Å². The van der Waals surface area contributed by atoms with Crippen LogP contribution in [-0.2, 0) is 4.79 Å². The van der Waals surface area contributed by atoms with Crippen LogP contribution in [0.15, 0.2) is 60.7 Å². The van der Waals surface area contributed by atoms with Gasteiger partial charge in [0.25, 0.3) is 11.8 Å². The zero-order valence-corrected chi connectivity index (χ0v) is 16.1. The van der Waals surface area contributed by atoms with Gasteiger partial charge in [0.2, 0.25) is 5.91 Å². The lowest BCUT2D eigenvalue weighted by atomic mass is 10.1. The molecule has 8 heteroatoms. The van der Waals surface area contributed by atoms with Gasteiger partial charge in [-0.3, -0.25) is 14.4 Å². The van der Waals surface area contributed by atoms with E-state index in [0.29, 0.717) is 10.6 Å². The molecule has 0 unspecified atom stereocenters. The van der Waals surface area contributed by atoms with Crippen LogP contribution in [0.2, 0.25) is 0 Å². The van der Waals surface area contributed by atoms with Crippen LogP contribution in [0.3, 0.4) is 0 Å². The van der Waals surface area contributed by atoms with E-state index in [-0.39, 0.29) is 30.3 Å². The molecule has 6 nitrogen and oxygen atoms in total. The number of hydrogen-bond donors (Lipinski definition) is 3. The Labute approximate surface area is 170 Å². The SMILES string of the molecule is NC(=O)CCNC(=O)c1ccccc1NC(=O)c1ccc(-c2ccc(F)cc2)s1. The highest BCUT2D eigenvalue weighted by atomic mass is 32.1. The van der Waals surface area contributed by atoms with Gasteiger partial charge < -0.3 is 16.4 Å². The Morgan fingerprint density at radius 2 is 1.66 bits per heavy atom. The molecule has 3 rings (SSSR count). The highest BCUT2D eigenvalue weighted by Crippen LogP contribution is 2.29. The summed E-state index contributed by atoms with van der Waals surface area (Å²) in [6.45, 7) is 0.113. The van der Waals surface area contributed by atoms with Crippen LogP contribution in [0, 0.1) is 5.82 Å². The third-order valence-corrected chi connectivity index (χ3v) is 5.17. The van der Waals surface area contributed by atoms with Gasteiger partial charge in [-0.05, 0) is 42.0 Å². The molecule has 3 aromatic rings. The van der Waals surface area contributed by atoms with Crippen molar-refractivity contribution in [3.63, 3.8) is 0 Å². The summed E-state index contributed by atoms with van der Waals surface area (Å²) in [5, 5.41) is 5.33. The van der Waals surface area contributed by atoms with E-state index in [1.807, 2.05) is 0 Å². The predicted octanol–water partition coefficient (Wildman–Crippen LogP) is 3.41. The fourth-order valence-electron chi connectivity index (χ4n) is 2.60. The lowest BCUT2D eigenvalue weighted by molar-refractivity contribution is -0.117. The number of rotatable bonds is 7. The number of amides is 3. The minimum atomic E-state index is -0.512. The van der Waals surface area contributed by atoms with Gasteiger partial charge >= 0.3 is 0 Å². The largest absolute Gasteiger partial charge is 0.370 e. The molecular formula is C21H18FN3O3S. The smallest absolute Gasteiger partial charge is 0.265 e. The quantitative estimate of drug-likeness (QED) is 0.555. The zero-order valence-electron chi connectivity index (χ0n) is 15.3. The third kappa shape index (κ3) is 5.26. The number of carbonyl (C=O) groups excluding carboxylic acids is 3. The van der Waals surface area contributed by atoms with Gasteiger partial charge in [-0.2, -0.15) is 0 Å². The molecular weight excluding hydrogens is 393 g/mol. The maximum absolute atomic E-state index is 13.1. The standard InChI is InChI=1S/C21H18FN3O3S/c22-14-7-5-13(6-8-14)17-9-10-18(29-17)21(28)25-16-4-2-1-3-15(16)20(27)24-12-11-19(23)26/h1-10H,11-12H2,(H2,23,26)(H,24,27)(H,25,28). The van der Waals surface area contributed by atoms with Crippen LogP contribution in [0.4, 0.5) is 10.1 Å². The molecule has 0 saturated heterocycles. The Morgan fingerprint density at radius 3 is 2.38 bits per heavy atom. The molecule has 0 spiro atoms. The number of anilines is 1. The highest BCUT2D eigenvalue weighted by Gasteiger charge is 2.16. The number of para-hydroxylation sites is 1. The molecule has 0 saturated carbocycles. The van der Waals surface area contributed by atoms with E-state index in [2.05, 4.69) is 10.6 Å². The summed E-state index contributed by atoms with van der Waals surface area (Å²) < 4.78 is 13.1. The van der Waals surface area contributed by atoms with Gasteiger partial charge in [0.05, 0.1) is 16.1 Å². The predicted molar refractivity (Wildman–Crippen MR) is 110 cm³/mol. The lowest BCUT2D eigenvalue weighted by Gasteiger charge is -2.10. The molecule has 1 heterocycles. The average molecular weight is 411 g/mol. The second-order valence-electron chi connectivity index (χ2n) is 6.14. The van der Waals surface area contributed by atoms with Crippen LogP contribution in [0.25, 0.3) is 10.4 Å². The molecule has 29 heavy (non-hydrogen) atoms. The minimum Gasteiger partial charge on any atom is -0.370 e. The van der Waals surface area contributed by atoms with E-state index in [0.717, 1.165) is 10.4 Å². The van der Waals surface area contributed by atoms with E-state index in [1.54, 1.807) is 48.5 Å². The summed E-state index contributed by atoms with van der Waals surface area (Å²) in [5.74, 6) is -1.61. The van der Waals surface area contributed by atoms with Crippen molar-refractivity contribution >= 4 is 34.7 Å².